The summed E-state index contributed by atoms with van der Waals surface area (Å²) < 4.78 is 11.7. The lowest BCUT2D eigenvalue weighted by Crippen LogP contribution is -2.19. The van der Waals surface area contributed by atoms with Gasteiger partial charge in [0.25, 0.3) is 0 Å². The van der Waals surface area contributed by atoms with E-state index in [1.54, 1.807) is 0 Å². The number of hydrogen-bond donors (Lipinski definition) is 1. The van der Waals surface area contributed by atoms with Crippen LogP contribution in [0.1, 0.15) is 13.3 Å². The summed E-state index contributed by atoms with van der Waals surface area (Å²) in [6.45, 7) is 2.74. The van der Waals surface area contributed by atoms with Gasteiger partial charge in [-0.2, -0.15) is 3.89 Å². The normalized spacial score (nSPS) is 13.9. The number of hydrogen-bond acceptors (Lipinski definition) is 2. The molecule has 0 aromatic rings. The van der Waals surface area contributed by atoms with E-state index < -0.39 is 0 Å². The third-order valence-corrected chi connectivity index (χ3v) is 1.77. The van der Waals surface area contributed by atoms with Crippen LogP contribution in [0, 0.1) is 0 Å². The van der Waals surface area contributed by atoms with Gasteiger partial charge in [-0.25, -0.2) is 0 Å². The highest BCUT2D eigenvalue weighted by atomic mass is 32.2. The first kappa shape index (κ1) is 8.24. The van der Waals surface area contributed by atoms with Crippen molar-refractivity contribution < 1.29 is 3.89 Å². The van der Waals surface area contributed by atoms with E-state index in [0.29, 0.717) is 12.1 Å². The molecule has 0 amide bonds. The first-order chi connectivity index (χ1) is 3.85. The van der Waals surface area contributed by atoms with Crippen molar-refractivity contribution >= 4 is 12.1 Å². The Kier molecular flexibility index (Phi) is 5.54. The monoisotopic (exact) mass is 137 g/mol. The molecule has 0 aliphatic heterocycles. The molecule has 50 valence electrons. The van der Waals surface area contributed by atoms with Crippen LogP contribution in [-0.4, -0.2) is 18.8 Å². The zero-order valence-electron chi connectivity index (χ0n) is 5.28. The Labute approximate surface area is 54.3 Å². The van der Waals surface area contributed by atoms with Crippen LogP contribution in [-0.2, 0) is 0 Å². The van der Waals surface area contributed by atoms with Crippen LogP contribution < -0.4 is 5.32 Å². The third kappa shape index (κ3) is 3.27. The Morgan fingerprint density at radius 2 is 2.38 bits per heavy atom. The molecule has 0 fully saturated rings. The van der Waals surface area contributed by atoms with Gasteiger partial charge in [-0.1, -0.05) is 6.92 Å². The molecule has 0 aliphatic carbocycles. The quantitative estimate of drug-likeness (QED) is 0.631. The van der Waals surface area contributed by atoms with Gasteiger partial charge < -0.3 is 5.32 Å². The fourth-order valence-electron chi connectivity index (χ4n) is 0.466. The highest BCUT2D eigenvalue weighted by Crippen LogP contribution is 2.13. The smallest absolute Gasteiger partial charge is 0.0490 e. The fourth-order valence-corrected chi connectivity index (χ4v) is 0.822. The SMILES string of the molecule is CCC(CNC)SF. The molecule has 0 heterocycles. The summed E-state index contributed by atoms with van der Waals surface area (Å²) in [6, 6.07) is 0. The van der Waals surface area contributed by atoms with Crippen molar-refractivity contribution in [2.45, 2.75) is 18.6 Å². The number of rotatable bonds is 4. The average molecular weight is 137 g/mol. The van der Waals surface area contributed by atoms with Crippen LogP contribution in [0.4, 0.5) is 3.89 Å². The van der Waals surface area contributed by atoms with Crippen LogP contribution in [0.25, 0.3) is 0 Å². The van der Waals surface area contributed by atoms with E-state index >= 15 is 0 Å². The lowest BCUT2D eigenvalue weighted by molar-refractivity contribution is 0.710. The van der Waals surface area contributed by atoms with Gasteiger partial charge in [-0.15, -0.1) is 0 Å². The van der Waals surface area contributed by atoms with Crippen LogP contribution in [0.3, 0.4) is 0 Å². The van der Waals surface area contributed by atoms with Gasteiger partial charge in [-0.05, 0) is 13.5 Å². The highest BCUT2D eigenvalue weighted by molar-refractivity contribution is 7.94. The molecule has 0 bridgehead atoms. The molecule has 1 unspecified atom stereocenters. The number of nitrogens with one attached hydrogen (secondary N) is 1. The molecular formula is C5H12FNS. The standard InChI is InChI=1S/C5H12FNS/c1-3-5(8-6)4-7-2/h5,7H,3-4H2,1-2H3. The molecule has 0 aliphatic rings. The predicted octanol–water partition coefficient (Wildman–Crippen LogP) is 1.60. The molecule has 3 heteroatoms. The topological polar surface area (TPSA) is 12.0 Å². The number of halogens is 1. The molecule has 1 atom stereocenters. The van der Waals surface area contributed by atoms with Crippen molar-refractivity contribution in [3.63, 3.8) is 0 Å². The van der Waals surface area contributed by atoms with Gasteiger partial charge in [-0.3, -0.25) is 0 Å². The minimum Gasteiger partial charge on any atom is -0.319 e. The van der Waals surface area contributed by atoms with Crippen molar-refractivity contribution in [3.8, 4) is 0 Å². The second kappa shape index (κ2) is 5.38. The second-order valence-corrected chi connectivity index (χ2v) is 2.52. The third-order valence-electron chi connectivity index (χ3n) is 1.01. The van der Waals surface area contributed by atoms with E-state index in [1.165, 1.54) is 0 Å². The first-order valence-electron chi connectivity index (χ1n) is 2.77. The van der Waals surface area contributed by atoms with Gasteiger partial charge in [0.1, 0.15) is 0 Å². The first-order valence-corrected chi connectivity index (χ1v) is 3.55. The van der Waals surface area contributed by atoms with Gasteiger partial charge in [0.15, 0.2) is 0 Å². The molecule has 0 spiro atoms. The Morgan fingerprint density at radius 1 is 1.75 bits per heavy atom. The Morgan fingerprint density at radius 3 is 2.50 bits per heavy atom. The van der Waals surface area contributed by atoms with E-state index in [2.05, 4.69) is 5.32 Å². The average Bonchev–Trinajstić information content (AvgIpc) is 1.83. The van der Waals surface area contributed by atoms with E-state index in [-0.39, 0.29) is 5.25 Å². The van der Waals surface area contributed by atoms with Crippen LogP contribution in [0.5, 0.6) is 0 Å². The molecule has 1 nitrogen and oxygen atoms in total. The summed E-state index contributed by atoms with van der Waals surface area (Å²) >= 11 is 0.432. The summed E-state index contributed by atoms with van der Waals surface area (Å²) in [7, 11) is 1.83. The predicted molar refractivity (Wildman–Crippen MR) is 36.7 cm³/mol. The maximum atomic E-state index is 11.7. The largest absolute Gasteiger partial charge is 0.319 e. The van der Waals surface area contributed by atoms with Gasteiger partial charge in [0.05, 0.1) is 0 Å². The molecule has 1 N–H and O–H groups in total. The Balaban J connectivity index is 3.07. The van der Waals surface area contributed by atoms with E-state index in [9.17, 15) is 3.89 Å². The van der Waals surface area contributed by atoms with Crippen molar-refractivity contribution in [1.82, 2.24) is 5.32 Å². The molecule has 0 aromatic carbocycles. The summed E-state index contributed by atoms with van der Waals surface area (Å²) in [5.41, 5.74) is 0. The zero-order valence-corrected chi connectivity index (χ0v) is 6.09. The molecule has 0 rings (SSSR count). The van der Waals surface area contributed by atoms with Crippen LogP contribution in [0.15, 0.2) is 0 Å². The van der Waals surface area contributed by atoms with Crippen LogP contribution in [0.2, 0.25) is 0 Å². The molecule has 8 heavy (non-hydrogen) atoms. The molecule has 0 saturated heterocycles. The van der Waals surface area contributed by atoms with Crippen molar-refractivity contribution in [2.24, 2.45) is 0 Å². The minimum atomic E-state index is 0.139. The summed E-state index contributed by atoms with van der Waals surface area (Å²) in [5, 5.41) is 3.05. The van der Waals surface area contributed by atoms with Crippen LogP contribution >= 0.6 is 12.1 Å². The second-order valence-electron chi connectivity index (χ2n) is 1.68. The Hall–Kier alpha value is 0.240. The maximum absolute atomic E-state index is 11.7. The molecule has 0 aromatic heterocycles. The summed E-state index contributed by atoms with van der Waals surface area (Å²) in [4.78, 5) is 0. The van der Waals surface area contributed by atoms with Crippen molar-refractivity contribution in [2.75, 3.05) is 13.6 Å². The molecule has 0 saturated carbocycles. The van der Waals surface area contributed by atoms with Gasteiger partial charge in [0, 0.05) is 23.9 Å². The summed E-state index contributed by atoms with van der Waals surface area (Å²) in [6.07, 6.45) is 0.891. The minimum absolute atomic E-state index is 0.139. The van der Waals surface area contributed by atoms with E-state index in [0.717, 1.165) is 13.0 Å². The molecule has 0 radical (unpaired) electrons. The van der Waals surface area contributed by atoms with Gasteiger partial charge in [0.2, 0.25) is 0 Å². The van der Waals surface area contributed by atoms with E-state index in [4.69, 9.17) is 0 Å². The van der Waals surface area contributed by atoms with Crippen molar-refractivity contribution in [3.05, 3.63) is 0 Å². The lowest BCUT2D eigenvalue weighted by Gasteiger charge is -2.05. The van der Waals surface area contributed by atoms with Crippen molar-refractivity contribution in [1.29, 1.82) is 0 Å². The molecular weight excluding hydrogens is 125 g/mol. The maximum Gasteiger partial charge on any atom is 0.0490 e. The van der Waals surface area contributed by atoms with Gasteiger partial charge >= 0.3 is 0 Å². The van der Waals surface area contributed by atoms with E-state index in [1.807, 2.05) is 14.0 Å². The highest BCUT2D eigenvalue weighted by Gasteiger charge is 2.02. The summed E-state index contributed by atoms with van der Waals surface area (Å²) in [5.74, 6) is 0. The Bertz CT molecular complexity index is 47.7. The lowest BCUT2D eigenvalue weighted by atomic mass is 10.3. The zero-order chi connectivity index (χ0) is 6.41. The fraction of sp³-hybridized carbons (Fsp3) is 1.00.